The number of imidazole rings is 1. The average molecular weight is 428 g/mol. The predicted molar refractivity (Wildman–Crippen MR) is 118 cm³/mol. The lowest BCUT2D eigenvalue weighted by atomic mass is 10.1. The van der Waals surface area contributed by atoms with Gasteiger partial charge in [-0.05, 0) is 38.1 Å². The number of nitriles is 1. The number of carbonyl (C=O) groups is 1. The lowest BCUT2D eigenvalue weighted by molar-refractivity contribution is -0.120. The fourth-order valence-electron chi connectivity index (χ4n) is 3.61. The number of hydrogen-bond acceptors (Lipinski definition) is 8. The highest BCUT2D eigenvalue weighted by Gasteiger charge is 2.26. The predicted octanol–water partition coefficient (Wildman–Crippen LogP) is 2.14. The Bertz CT molecular complexity index is 1300. The van der Waals surface area contributed by atoms with Gasteiger partial charge in [-0.1, -0.05) is 11.7 Å². The van der Waals surface area contributed by atoms with E-state index in [0.717, 1.165) is 19.4 Å². The van der Waals surface area contributed by atoms with Gasteiger partial charge in [-0.15, -0.1) is 4.52 Å². The molecule has 0 spiro atoms. The maximum absolute atomic E-state index is 12.5. The molecule has 11 heteroatoms. The van der Waals surface area contributed by atoms with E-state index in [0.29, 0.717) is 47.5 Å². The first-order valence-electron chi connectivity index (χ1n) is 10.2. The van der Waals surface area contributed by atoms with Crippen LogP contribution in [0.1, 0.15) is 18.4 Å². The number of anilines is 4. The molecule has 1 aliphatic carbocycles. The molecule has 1 aromatic carbocycles. The Morgan fingerprint density at radius 1 is 1.28 bits per heavy atom. The zero-order valence-corrected chi connectivity index (χ0v) is 17.4. The molecule has 2 N–H and O–H groups in total. The third-order valence-electron chi connectivity index (χ3n) is 5.40. The first-order chi connectivity index (χ1) is 15.5. The van der Waals surface area contributed by atoms with Crippen LogP contribution in [0.3, 0.4) is 0 Å². The molecule has 3 heterocycles. The standard InChI is InChI=1S/C21H20N10O/c1-23-17-11-24-20-19(25-14-3-4-14)27-21(28-31(17)20)26-15-7-13(10-22)8-16(9-15)30-6-5-29(2)12-18(30)32/h7-9,11,14H,3-6,12H2,2H3,(H2,25,26,27,28). The monoisotopic (exact) mass is 428 g/mol. The lowest BCUT2D eigenvalue weighted by Crippen LogP contribution is -2.48. The minimum atomic E-state index is -0.0199. The van der Waals surface area contributed by atoms with Crippen LogP contribution in [-0.2, 0) is 4.79 Å². The quantitative estimate of drug-likeness (QED) is 0.594. The van der Waals surface area contributed by atoms with E-state index >= 15 is 0 Å². The summed E-state index contributed by atoms with van der Waals surface area (Å²) >= 11 is 0. The number of fused-ring (bicyclic) bond motifs is 1. The van der Waals surface area contributed by atoms with Crippen LogP contribution >= 0.6 is 0 Å². The van der Waals surface area contributed by atoms with E-state index in [9.17, 15) is 10.1 Å². The van der Waals surface area contributed by atoms with E-state index in [1.54, 1.807) is 23.1 Å². The molecule has 0 bridgehead atoms. The molecule has 0 radical (unpaired) electrons. The van der Waals surface area contributed by atoms with Crippen molar-refractivity contribution in [2.24, 2.45) is 0 Å². The van der Waals surface area contributed by atoms with E-state index in [1.165, 1.54) is 10.7 Å². The Kier molecular flexibility index (Phi) is 4.81. The molecule has 2 aromatic heterocycles. The van der Waals surface area contributed by atoms with E-state index in [1.807, 2.05) is 11.9 Å². The van der Waals surface area contributed by atoms with Crippen molar-refractivity contribution < 1.29 is 4.79 Å². The van der Waals surface area contributed by atoms with E-state index in [4.69, 9.17) is 6.57 Å². The highest BCUT2D eigenvalue weighted by atomic mass is 16.2. The zero-order valence-electron chi connectivity index (χ0n) is 17.4. The second-order valence-corrected chi connectivity index (χ2v) is 7.95. The molecule has 160 valence electrons. The van der Waals surface area contributed by atoms with Crippen molar-refractivity contribution in [3.63, 3.8) is 0 Å². The Morgan fingerprint density at radius 2 is 2.12 bits per heavy atom. The summed E-state index contributed by atoms with van der Waals surface area (Å²) in [5.41, 5.74) is 2.13. The summed E-state index contributed by atoms with van der Waals surface area (Å²) in [6, 6.07) is 7.67. The van der Waals surface area contributed by atoms with Crippen molar-refractivity contribution in [3.8, 4) is 6.07 Å². The molecular weight excluding hydrogens is 408 g/mol. The fraction of sp³-hybridized carbons (Fsp3) is 0.333. The van der Waals surface area contributed by atoms with Gasteiger partial charge in [0.1, 0.15) is 0 Å². The van der Waals surface area contributed by atoms with Gasteiger partial charge in [0.25, 0.3) is 17.4 Å². The van der Waals surface area contributed by atoms with Crippen LogP contribution in [-0.4, -0.2) is 63.1 Å². The largest absolute Gasteiger partial charge is 0.362 e. The van der Waals surface area contributed by atoms with E-state index in [2.05, 4.69) is 36.6 Å². The molecule has 1 amide bonds. The smallest absolute Gasteiger partial charge is 0.275 e. The van der Waals surface area contributed by atoms with Gasteiger partial charge in [0.15, 0.2) is 5.82 Å². The summed E-state index contributed by atoms with van der Waals surface area (Å²) in [6.07, 6.45) is 3.58. The van der Waals surface area contributed by atoms with Gasteiger partial charge in [-0.25, -0.2) is 4.98 Å². The summed E-state index contributed by atoms with van der Waals surface area (Å²) in [4.78, 5) is 28.5. The number of carbonyl (C=O) groups excluding carboxylic acids is 1. The van der Waals surface area contributed by atoms with Gasteiger partial charge in [-0.3, -0.25) is 9.69 Å². The molecule has 1 saturated heterocycles. The molecule has 11 nitrogen and oxygen atoms in total. The lowest BCUT2D eigenvalue weighted by Gasteiger charge is -2.32. The van der Waals surface area contributed by atoms with Gasteiger partial charge in [-0.2, -0.15) is 10.2 Å². The van der Waals surface area contributed by atoms with E-state index < -0.39 is 0 Å². The number of likely N-dealkylation sites (N-methyl/N-ethyl adjacent to an activating group) is 1. The van der Waals surface area contributed by atoms with Crippen LogP contribution in [0, 0.1) is 17.9 Å². The molecule has 1 saturated carbocycles. The van der Waals surface area contributed by atoms with Crippen molar-refractivity contribution in [3.05, 3.63) is 41.4 Å². The van der Waals surface area contributed by atoms with Crippen molar-refractivity contribution in [2.45, 2.75) is 18.9 Å². The highest BCUT2D eigenvalue weighted by molar-refractivity contribution is 5.96. The number of nitrogens with one attached hydrogen (secondary N) is 2. The third-order valence-corrected chi connectivity index (χ3v) is 5.40. The number of aromatic nitrogens is 4. The summed E-state index contributed by atoms with van der Waals surface area (Å²) in [6.45, 7) is 9.00. The zero-order chi connectivity index (χ0) is 22.2. The minimum Gasteiger partial charge on any atom is -0.362 e. The number of hydrogen-bond donors (Lipinski definition) is 2. The average Bonchev–Trinajstić information content (AvgIpc) is 3.49. The maximum atomic E-state index is 12.5. The van der Waals surface area contributed by atoms with Crippen molar-refractivity contribution in [1.82, 2.24) is 24.5 Å². The summed E-state index contributed by atoms with van der Waals surface area (Å²) in [5.74, 6) is 1.06. The molecule has 0 atom stereocenters. The van der Waals surface area contributed by atoms with Gasteiger partial charge >= 0.3 is 0 Å². The van der Waals surface area contributed by atoms with Crippen molar-refractivity contribution in [2.75, 3.05) is 42.2 Å². The molecule has 5 rings (SSSR count). The number of rotatable bonds is 5. The summed E-state index contributed by atoms with van der Waals surface area (Å²) in [5, 5.41) is 20.4. The Labute approximate surface area is 184 Å². The molecule has 3 aromatic rings. The van der Waals surface area contributed by atoms with Gasteiger partial charge in [0, 0.05) is 30.5 Å². The van der Waals surface area contributed by atoms with Crippen LogP contribution < -0.4 is 15.5 Å². The van der Waals surface area contributed by atoms with Crippen LogP contribution in [0.5, 0.6) is 0 Å². The Morgan fingerprint density at radius 3 is 2.84 bits per heavy atom. The molecule has 32 heavy (non-hydrogen) atoms. The molecule has 0 unspecified atom stereocenters. The van der Waals surface area contributed by atoms with Crippen molar-refractivity contribution >= 4 is 40.5 Å². The Balaban J connectivity index is 1.51. The first-order valence-corrected chi connectivity index (χ1v) is 10.2. The minimum absolute atomic E-state index is 0.0199. The van der Waals surface area contributed by atoms with E-state index in [-0.39, 0.29) is 17.7 Å². The van der Waals surface area contributed by atoms with Crippen LogP contribution in [0.25, 0.3) is 10.5 Å². The number of benzene rings is 1. The molecular formula is C21H20N10O. The van der Waals surface area contributed by atoms with Gasteiger partial charge in [0.05, 0.1) is 24.4 Å². The number of amides is 1. The Hall–Kier alpha value is -4.22. The van der Waals surface area contributed by atoms with Crippen molar-refractivity contribution in [1.29, 1.82) is 5.26 Å². The van der Waals surface area contributed by atoms with Crippen LogP contribution in [0.15, 0.2) is 24.4 Å². The second-order valence-electron chi connectivity index (χ2n) is 7.95. The SMILES string of the molecule is [C-]#[N+]c1cnc2c(NC3CC3)nc(Nc3cc(C#N)cc(N4CCN(C)CC4=O)c3)nn12. The maximum Gasteiger partial charge on any atom is 0.275 e. The summed E-state index contributed by atoms with van der Waals surface area (Å²) < 4.78 is 1.45. The molecule has 1 aliphatic heterocycles. The normalized spacial score (nSPS) is 16.6. The molecule has 2 fully saturated rings. The number of piperazine rings is 1. The van der Waals surface area contributed by atoms with Crippen LogP contribution in [0.4, 0.5) is 29.0 Å². The first kappa shape index (κ1) is 19.7. The third kappa shape index (κ3) is 3.77. The highest BCUT2D eigenvalue weighted by Crippen LogP contribution is 2.29. The van der Waals surface area contributed by atoms with Crippen LogP contribution in [0.2, 0.25) is 0 Å². The summed E-state index contributed by atoms with van der Waals surface area (Å²) in [7, 11) is 1.90. The van der Waals surface area contributed by atoms with Gasteiger partial charge in [0.2, 0.25) is 5.91 Å². The van der Waals surface area contributed by atoms with Gasteiger partial charge < -0.3 is 20.4 Å². The topological polar surface area (TPSA) is 119 Å². The molecule has 2 aliphatic rings. The second kappa shape index (κ2) is 7.80. The number of nitrogens with zero attached hydrogens (tertiary/aromatic N) is 8. The fourth-order valence-corrected chi connectivity index (χ4v) is 3.61.